The first kappa shape index (κ1) is 19.8. The molecule has 0 unspecified atom stereocenters. The summed E-state index contributed by atoms with van der Waals surface area (Å²) in [5.41, 5.74) is 2.81. The van der Waals surface area contributed by atoms with Crippen LogP contribution in [0.1, 0.15) is 28.4 Å². The molecule has 0 N–H and O–H groups in total. The number of carbonyl (C=O) groups is 2. The molecule has 0 atom stereocenters. The maximum absolute atomic E-state index is 11.7. The van der Waals surface area contributed by atoms with E-state index >= 15 is 0 Å². The summed E-state index contributed by atoms with van der Waals surface area (Å²) in [7, 11) is 0. The standard InChI is InChI=1S/C15H12O.C10H10O/c16-15(14-9-5-2-6-10-14)12-11-13-7-3-1-4-8-13;1-9(11)7-8-10-5-3-2-4-6-10/h1-12H;2-8H,1H3. The average molecular weight is 354 g/mol. The van der Waals surface area contributed by atoms with Gasteiger partial charge in [0.1, 0.15) is 0 Å². The molecule has 0 spiro atoms. The van der Waals surface area contributed by atoms with Crippen LogP contribution in [0.25, 0.3) is 12.2 Å². The van der Waals surface area contributed by atoms with Gasteiger partial charge in [0.15, 0.2) is 11.6 Å². The SMILES string of the molecule is CC(=O)C=Cc1ccccc1.O=C(C=Cc1ccccc1)c1ccccc1. The number of benzene rings is 3. The fraction of sp³-hybridized carbons (Fsp3) is 0.0400. The second kappa shape index (κ2) is 11.2. The molecule has 3 aromatic carbocycles. The Balaban J connectivity index is 0.000000208. The molecule has 0 aliphatic heterocycles. The largest absolute Gasteiger partial charge is 0.295 e. The topological polar surface area (TPSA) is 34.1 Å². The van der Waals surface area contributed by atoms with E-state index < -0.39 is 0 Å². The lowest BCUT2D eigenvalue weighted by molar-refractivity contribution is -0.112. The van der Waals surface area contributed by atoms with Gasteiger partial charge in [-0.3, -0.25) is 9.59 Å². The lowest BCUT2D eigenvalue weighted by atomic mass is 10.1. The van der Waals surface area contributed by atoms with Gasteiger partial charge in [-0.05, 0) is 30.2 Å². The molecule has 0 fully saturated rings. The molecular weight excluding hydrogens is 332 g/mol. The van der Waals surface area contributed by atoms with Crippen LogP contribution in [-0.2, 0) is 4.79 Å². The smallest absolute Gasteiger partial charge is 0.185 e. The van der Waals surface area contributed by atoms with Crippen LogP contribution in [0.4, 0.5) is 0 Å². The van der Waals surface area contributed by atoms with Crippen LogP contribution in [0.5, 0.6) is 0 Å². The van der Waals surface area contributed by atoms with Crippen LogP contribution in [0.2, 0.25) is 0 Å². The van der Waals surface area contributed by atoms with E-state index in [1.54, 1.807) is 19.1 Å². The van der Waals surface area contributed by atoms with Crippen molar-refractivity contribution in [3.8, 4) is 0 Å². The zero-order valence-corrected chi connectivity index (χ0v) is 15.3. The molecule has 0 heterocycles. The molecule has 0 saturated heterocycles. The van der Waals surface area contributed by atoms with Crippen molar-refractivity contribution in [2.75, 3.05) is 0 Å². The van der Waals surface area contributed by atoms with Gasteiger partial charge in [-0.25, -0.2) is 0 Å². The Bertz CT molecular complexity index is 893. The summed E-state index contributed by atoms with van der Waals surface area (Å²) in [4.78, 5) is 22.3. The van der Waals surface area contributed by atoms with Gasteiger partial charge in [-0.1, -0.05) is 103 Å². The highest BCUT2D eigenvalue weighted by molar-refractivity contribution is 6.06. The predicted molar refractivity (Wildman–Crippen MR) is 112 cm³/mol. The predicted octanol–water partition coefficient (Wildman–Crippen LogP) is 5.87. The monoisotopic (exact) mass is 354 g/mol. The fourth-order valence-corrected chi connectivity index (χ4v) is 2.21. The molecule has 2 nitrogen and oxygen atoms in total. The zero-order valence-electron chi connectivity index (χ0n) is 15.3. The Labute approximate surface area is 160 Å². The third kappa shape index (κ3) is 7.93. The molecule has 3 rings (SSSR count). The quantitative estimate of drug-likeness (QED) is 0.424. The van der Waals surface area contributed by atoms with Crippen LogP contribution in [-0.4, -0.2) is 11.6 Å². The van der Waals surface area contributed by atoms with Gasteiger partial charge in [-0.2, -0.15) is 0 Å². The van der Waals surface area contributed by atoms with Gasteiger partial charge in [0.2, 0.25) is 0 Å². The Kier molecular flexibility index (Phi) is 8.19. The van der Waals surface area contributed by atoms with Crippen molar-refractivity contribution in [2.45, 2.75) is 6.92 Å². The lowest BCUT2D eigenvalue weighted by Gasteiger charge is -1.94. The molecule has 134 valence electrons. The van der Waals surface area contributed by atoms with Crippen molar-refractivity contribution in [3.63, 3.8) is 0 Å². The second-order valence-electron chi connectivity index (χ2n) is 5.83. The molecule has 0 aromatic heterocycles. The van der Waals surface area contributed by atoms with Gasteiger partial charge in [0, 0.05) is 5.56 Å². The first-order valence-corrected chi connectivity index (χ1v) is 8.71. The number of hydrogen-bond acceptors (Lipinski definition) is 2. The van der Waals surface area contributed by atoms with Crippen LogP contribution in [0.15, 0.2) is 103 Å². The summed E-state index contributed by atoms with van der Waals surface area (Å²) >= 11 is 0. The third-order valence-electron chi connectivity index (χ3n) is 3.60. The summed E-state index contributed by atoms with van der Waals surface area (Å²) in [5, 5.41) is 0. The summed E-state index contributed by atoms with van der Waals surface area (Å²) < 4.78 is 0. The molecular formula is C25H22O2. The van der Waals surface area contributed by atoms with Crippen molar-refractivity contribution in [1.29, 1.82) is 0 Å². The van der Waals surface area contributed by atoms with E-state index in [4.69, 9.17) is 0 Å². The normalized spacial score (nSPS) is 10.4. The van der Waals surface area contributed by atoms with Crippen molar-refractivity contribution >= 4 is 23.7 Å². The Morgan fingerprint density at radius 1 is 0.593 bits per heavy atom. The van der Waals surface area contributed by atoms with Crippen molar-refractivity contribution < 1.29 is 9.59 Å². The number of hydrogen-bond donors (Lipinski definition) is 0. The number of allylic oxidation sites excluding steroid dienone is 2. The minimum atomic E-state index is 0.0319. The Morgan fingerprint density at radius 3 is 1.44 bits per heavy atom. The molecule has 0 radical (unpaired) electrons. The lowest BCUT2D eigenvalue weighted by Crippen LogP contribution is -1.92. The van der Waals surface area contributed by atoms with Crippen molar-refractivity contribution in [2.24, 2.45) is 0 Å². The highest BCUT2D eigenvalue weighted by Crippen LogP contribution is 2.05. The molecule has 0 bridgehead atoms. The van der Waals surface area contributed by atoms with Crippen molar-refractivity contribution in [1.82, 2.24) is 0 Å². The number of rotatable bonds is 5. The van der Waals surface area contributed by atoms with Gasteiger partial charge >= 0.3 is 0 Å². The summed E-state index contributed by atoms with van der Waals surface area (Å²) in [6, 6.07) is 28.8. The highest BCUT2D eigenvalue weighted by atomic mass is 16.1. The first-order chi connectivity index (χ1) is 13.1. The van der Waals surface area contributed by atoms with Gasteiger partial charge < -0.3 is 0 Å². The Hall–Kier alpha value is -3.52. The molecule has 2 heteroatoms. The summed E-state index contributed by atoms with van der Waals surface area (Å²) in [5.74, 6) is 0.110. The summed E-state index contributed by atoms with van der Waals surface area (Å²) in [6.45, 7) is 1.54. The van der Waals surface area contributed by atoms with Crippen molar-refractivity contribution in [3.05, 3.63) is 120 Å². The van der Waals surface area contributed by atoms with E-state index in [0.29, 0.717) is 0 Å². The minimum Gasteiger partial charge on any atom is -0.295 e. The molecule has 3 aromatic rings. The van der Waals surface area contributed by atoms with Crippen LogP contribution >= 0.6 is 0 Å². The summed E-state index contributed by atoms with van der Waals surface area (Å²) in [6.07, 6.45) is 6.80. The van der Waals surface area contributed by atoms with Crippen LogP contribution in [0.3, 0.4) is 0 Å². The van der Waals surface area contributed by atoms with Gasteiger partial charge in [-0.15, -0.1) is 0 Å². The van der Waals surface area contributed by atoms with Gasteiger partial charge in [0.25, 0.3) is 0 Å². The molecule has 27 heavy (non-hydrogen) atoms. The Morgan fingerprint density at radius 2 is 1.00 bits per heavy atom. The molecule has 0 amide bonds. The first-order valence-electron chi connectivity index (χ1n) is 8.71. The van der Waals surface area contributed by atoms with E-state index in [-0.39, 0.29) is 11.6 Å². The van der Waals surface area contributed by atoms with Crippen LogP contribution < -0.4 is 0 Å². The molecule has 0 aliphatic carbocycles. The average Bonchev–Trinajstić information content (AvgIpc) is 2.73. The minimum absolute atomic E-state index is 0.0319. The number of carbonyl (C=O) groups excluding carboxylic acids is 2. The maximum atomic E-state index is 11.7. The number of ketones is 2. The molecule has 0 saturated carbocycles. The maximum Gasteiger partial charge on any atom is 0.185 e. The van der Waals surface area contributed by atoms with Gasteiger partial charge in [0.05, 0.1) is 0 Å². The van der Waals surface area contributed by atoms with E-state index in [1.807, 2.05) is 103 Å². The van der Waals surface area contributed by atoms with E-state index in [0.717, 1.165) is 16.7 Å². The van der Waals surface area contributed by atoms with E-state index in [1.165, 1.54) is 0 Å². The highest BCUT2D eigenvalue weighted by Gasteiger charge is 1.98. The fourth-order valence-electron chi connectivity index (χ4n) is 2.21. The van der Waals surface area contributed by atoms with E-state index in [2.05, 4.69) is 0 Å². The molecule has 0 aliphatic rings. The van der Waals surface area contributed by atoms with Crippen LogP contribution in [0, 0.1) is 0 Å². The second-order valence-corrected chi connectivity index (χ2v) is 5.83. The third-order valence-corrected chi connectivity index (χ3v) is 3.60. The zero-order chi connectivity index (χ0) is 19.3. The van der Waals surface area contributed by atoms with E-state index in [9.17, 15) is 9.59 Å².